The molecule has 0 aliphatic carbocycles. The van der Waals surface area contributed by atoms with E-state index in [4.69, 9.17) is 14.2 Å². The smallest absolute Gasteiger partial charge is 0.134 e. The number of hydrogen-bond donors (Lipinski definition) is 2. The first-order valence-electron chi connectivity index (χ1n) is 11.4. The number of ether oxygens (including phenoxy) is 3. The molecule has 0 saturated carbocycles. The van der Waals surface area contributed by atoms with Crippen LogP contribution in [0, 0.1) is 5.82 Å². The van der Waals surface area contributed by atoms with E-state index < -0.39 is 11.2 Å². The van der Waals surface area contributed by atoms with Crippen LogP contribution in [-0.4, -0.2) is 86.0 Å². The summed E-state index contributed by atoms with van der Waals surface area (Å²) in [5.74, 6) is 0.793. The summed E-state index contributed by atoms with van der Waals surface area (Å²) in [6, 6.07) is 13.8. The van der Waals surface area contributed by atoms with Gasteiger partial charge in [0.15, 0.2) is 0 Å². The standard InChI is InChI=1S/C25H33FN2O5/c1-31-22-6-3-5-21(15-22)28-10-8-24(29,9-11-28)16-27-12-13-32-18-25(30,17-27)19-33-23-7-2-4-20(26)14-23/h2-7,14-15,29-30H,8-13,16-19H2,1H3/t25-/m1/s1. The number of benzene rings is 2. The molecule has 8 heteroatoms. The summed E-state index contributed by atoms with van der Waals surface area (Å²) in [5, 5.41) is 22.4. The molecule has 0 spiro atoms. The van der Waals surface area contributed by atoms with Crippen LogP contribution in [-0.2, 0) is 4.74 Å². The van der Waals surface area contributed by atoms with E-state index in [-0.39, 0.29) is 19.0 Å². The van der Waals surface area contributed by atoms with Gasteiger partial charge in [-0.3, -0.25) is 4.90 Å². The minimum absolute atomic E-state index is 0.0188. The van der Waals surface area contributed by atoms with Gasteiger partial charge in [-0.25, -0.2) is 4.39 Å². The molecule has 2 aromatic carbocycles. The van der Waals surface area contributed by atoms with Crippen molar-refractivity contribution in [1.82, 2.24) is 4.90 Å². The molecule has 1 atom stereocenters. The second-order valence-electron chi connectivity index (χ2n) is 9.15. The largest absolute Gasteiger partial charge is 0.497 e. The maximum atomic E-state index is 13.4. The highest BCUT2D eigenvalue weighted by molar-refractivity contribution is 5.51. The van der Waals surface area contributed by atoms with Crippen LogP contribution in [0.15, 0.2) is 48.5 Å². The van der Waals surface area contributed by atoms with Crippen LogP contribution in [0.4, 0.5) is 10.1 Å². The number of anilines is 1. The molecule has 4 rings (SSSR count). The van der Waals surface area contributed by atoms with E-state index in [9.17, 15) is 14.6 Å². The Hall–Kier alpha value is -2.39. The van der Waals surface area contributed by atoms with Crippen molar-refractivity contribution in [2.45, 2.75) is 24.0 Å². The van der Waals surface area contributed by atoms with Crippen molar-refractivity contribution in [3.63, 3.8) is 0 Å². The molecule has 180 valence electrons. The Morgan fingerprint density at radius 2 is 1.76 bits per heavy atom. The number of rotatable bonds is 7. The molecule has 2 saturated heterocycles. The van der Waals surface area contributed by atoms with Gasteiger partial charge < -0.3 is 29.3 Å². The zero-order valence-electron chi connectivity index (χ0n) is 19.1. The van der Waals surface area contributed by atoms with E-state index in [1.807, 2.05) is 23.1 Å². The van der Waals surface area contributed by atoms with Gasteiger partial charge in [-0.15, -0.1) is 0 Å². The van der Waals surface area contributed by atoms with Crippen LogP contribution in [0.25, 0.3) is 0 Å². The van der Waals surface area contributed by atoms with Gasteiger partial charge in [-0.05, 0) is 37.1 Å². The van der Waals surface area contributed by atoms with Gasteiger partial charge in [-0.1, -0.05) is 12.1 Å². The number of halogens is 1. The molecule has 0 radical (unpaired) electrons. The Kier molecular flexibility index (Phi) is 7.38. The van der Waals surface area contributed by atoms with E-state index in [0.29, 0.717) is 44.8 Å². The predicted molar refractivity (Wildman–Crippen MR) is 123 cm³/mol. The summed E-state index contributed by atoms with van der Waals surface area (Å²) in [4.78, 5) is 4.30. The molecule has 2 fully saturated rings. The highest BCUT2D eigenvalue weighted by Gasteiger charge is 2.39. The van der Waals surface area contributed by atoms with Gasteiger partial charge in [0.05, 0.1) is 25.9 Å². The third kappa shape index (κ3) is 6.35. The molecule has 2 aromatic rings. The molecule has 2 heterocycles. The average Bonchev–Trinajstić information content (AvgIpc) is 2.99. The van der Waals surface area contributed by atoms with Gasteiger partial charge in [0, 0.05) is 50.5 Å². The maximum Gasteiger partial charge on any atom is 0.134 e. The summed E-state index contributed by atoms with van der Waals surface area (Å²) in [5.41, 5.74) is -1.01. The molecule has 2 aliphatic rings. The van der Waals surface area contributed by atoms with Crippen molar-refractivity contribution >= 4 is 5.69 Å². The molecule has 2 N–H and O–H groups in total. The van der Waals surface area contributed by atoms with Crippen molar-refractivity contribution in [3.8, 4) is 11.5 Å². The summed E-state index contributed by atoms with van der Waals surface area (Å²) < 4.78 is 30.0. The highest BCUT2D eigenvalue weighted by atomic mass is 19.1. The Balaban J connectivity index is 1.33. The van der Waals surface area contributed by atoms with Crippen LogP contribution < -0.4 is 14.4 Å². The fourth-order valence-corrected chi connectivity index (χ4v) is 4.56. The maximum absolute atomic E-state index is 13.4. The van der Waals surface area contributed by atoms with E-state index in [1.54, 1.807) is 19.2 Å². The summed E-state index contributed by atoms with van der Waals surface area (Å²) in [6.45, 7) is 3.42. The quantitative estimate of drug-likeness (QED) is 0.657. The van der Waals surface area contributed by atoms with Crippen LogP contribution in [0.2, 0.25) is 0 Å². The lowest BCUT2D eigenvalue weighted by Gasteiger charge is -2.42. The number of piperidine rings is 1. The Labute approximate surface area is 194 Å². The fourth-order valence-electron chi connectivity index (χ4n) is 4.56. The topological polar surface area (TPSA) is 74.6 Å². The lowest BCUT2D eigenvalue weighted by Crippen LogP contribution is -2.55. The third-order valence-corrected chi connectivity index (χ3v) is 6.37. The Morgan fingerprint density at radius 3 is 2.52 bits per heavy atom. The van der Waals surface area contributed by atoms with Gasteiger partial charge >= 0.3 is 0 Å². The number of hydrogen-bond acceptors (Lipinski definition) is 7. The van der Waals surface area contributed by atoms with Crippen LogP contribution in [0.1, 0.15) is 12.8 Å². The van der Waals surface area contributed by atoms with E-state index >= 15 is 0 Å². The number of aliphatic hydroxyl groups is 2. The fraction of sp³-hybridized carbons (Fsp3) is 0.520. The second-order valence-corrected chi connectivity index (χ2v) is 9.15. The number of β-amino-alcohol motifs (C(OH)–C–C–N with tert-alkyl or cyclic N) is 2. The zero-order valence-corrected chi connectivity index (χ0v) is 19.1. The van der Waals surface area contributed by atoms with Crippen LogP contribution in [0.5, 0.6) is 11.5 Å². The monoisotopic (exact) mass is 460 g/mol. The van der Waals surface area contributed by atoms with Gasteiger partial charge in [0.1, 0.15) is 29.5 Å². The first-order valence-corrected chi connectivity index (χ1v) is 11.4. The van der Waals surface area contributed by atoms with Crippen molar-refractivity contribution in [2.75, 3.05) is 64.6 Å². The SMILES string of the molecule is COc1cccc(N2CCC(O)(CN3CCOC[C@@](O)(COc4cccc(F)c4)C3)CC2)c1. The average molecular weight is 461 g/mol. The van der Waals surface area contributed by atoms with Gasteiger partial charge in [-0.2, -0.15) is 0 Å². The van der Waals surface area contributed by atoms with Crippen molar-refractivity contribution in [2.24, 2.45) is 0 Å². The Bertz CT molecular complexity index is 921. The first-order chi connectivity index (χ1) is 15.9. The summed E-state index contributed by atoms with van der Waals surface area (Å²) in [6.07, 6.45) is 1.25. The highest BCUT2D eigenvalue weighted by Crippen LogP contribution is 2.30. The molecule has 0 aromatic heterocycles. The normalized spacial score (nSPS) is 23.7. The zero-order chi connectivity index (χ0) is 23.3. The molecule has 0 bridgehead atoms. The minimum atomic E-state index is -1.25. The van der Waals surface area contributed by atoms with E-state index in [1.165, 1.54) is 12.1 Å². The molecule has 7 nitrogen and oxygen atoms in total. The third-order valence-electron chi connectivity index (χ3n) is 6.37. The van der Waals surface area contributed by atoms with E-state index in [2.05, 4.69) is 11.0 Å². The van der Waals surface area contributed by atoms with Crippen LogP contribution >= 0.6 is 0 Å². The molecular formula is C25H33FN2O5. The number of methoxy groups -OCH3 is 1. The molecule has 33 heavy (non-hydrogen) atoms. The molecule has 0 unspecified atom stereocenters. The molecular weight excluding hydrogens is 427 g/mol. The summed E-state index contributed by atoms with van der Waals surface area (Å²) >= 11 is 0. The lowest BCUT2D eigenvalue weighted by molar-refractivity contribution is -0.0742. The van der Waals surface area contributed by atoms with Crippen molar-refractivity contribution in [3.05, 3.63) is 54.3 Å². The second kappa shape index (κ2) is 10.3. The molecule has 2 aliphatic heterocycles. The number of nitrogens with zero attached hydrogens (tertiary/aromatic N) is 2. The van der Waals surface area contributed by atoms with E-state index in [0.717, 1.165) is 24.5 Å². The van der Waals surface area contributed by atoms with Crippen molar-refractivity contribution < 1.29 is 28.8 Å². The first kappa shape index (κ1) is 23.8. The minimum Gasteiger partial charge on any atom is -0.497 e. The van der Waals surface area contributed by atoms with Gasteiger partial charge in [0.2, 0.25) is 0 Å². The van der Waals surface area contributed by atoms with Gasteiger partial charge in [0.25, 0.3) is 0 Å². The van der Waals surface area contributed by atoms with Crippen LogP contribution in [0.3, 0.4) is 0 Å². The predicted octanol–water partition coefficient (Wildman–Crippen LogP) is 2.31. The lowest BCUT2D eigenvalue weighted by atomic mass is 9.90. The summed E-state index contributed by atoms with van der Waals surface area (Å²) in [7, 11) is 1.66. The van der Waals surface area contributed by atoms with Crippen molar-refractivity contribution in [1.29, 1.82) is 0 Å². The Morgan fingerprint density at radius 1 is 1.00 bits per heavy atom. The molecule has 0 amide bonds.